The lowest BCUT2D eigenvalue weighted by molar-refractivity contribution is 0.00578. The largest absolute Gasteiger partial charge is 0.485 e. The van der Waals surface area contributed by atoms with Crippen molar-refractivity contribution in [3.63, 3.8) is 0 Å². The topological polar surface area (TPSA) is 47.6 Å². The van der Waals surface area contributed by atoms with Crippen molar-refractivity contribution < 1.29 is 13.5 Å². The van der Waals surface area contributed by atoms with Crippen LogP contribution in [0.2, 0.25) is 0 Å². The van der Waals surface area contributed by atoms with E-state index >= 15 is 0 Å². The first-order chi connectivity index (χ1) is 14.4. The third kappa shape index (κ3) is 5.14. The van der Waals surface area contributed by atoms with Crippen molar-refractivity contribution in [3.05, 3.63) is 71.8 Å². The van der Waals surface area contributed by atoms with Crippen LogP contribution in [0, 0.1) is 0 Å². The molecule has 6 heteroatoms. The second-order valence-electron chi connectivity index (χ2n) is 10.4. The molecule has 1 aliphatic rings. The first kappa shape index (κ1) is 24.2. The molecule has 31 heavy (non-hydrogen) atoms. The van der Waals surface area contributed by atoms with Gasteiger partial charge in [-0.2, -0.15) is 0 Å². The molecule has 1 aliphatic heterocycles. The third-order valence-corrected chi connectivity index (χ3v) is 8.09. The number of rotatable bonds is 7. The van der Waals surface area contributed by atoms with Crippen LogP contribution in [-0.4, -0.2) is 27.3 Å². The van der Waals surface area contributed by atoms with Gasteiger partial charge in [-0.15, -0.1) is 0 Å². The van der Waals surface area contributed by atoms with E-state index in [1.54, 1.807) is 0 Å². The van der Waals surface area contributed by atoms with Gasteiger partial charge in [0.15, 0.2) is 0 Å². The van der Waals surface area contributed by atoms with E-state index in [1.165, 1.54) is 5.56 Å². The van der Waals surface area contributed by atoms with Gasteiger partial charge >= 0.3 is 7.12 Å². The van der Waals surface area contributed by atoms with Crippen molar-refractivity contribution in [2.45, 2.75) is 82.7 Å². The summed E-state index contributed by atoms with van der Waals surface area (Å²) >= 11 is 0. The molecule has 0 bridgehead atoms. The quantitative estimate of drug-likeness (QED) is 0.601. The van der Waals surface area contributed by atoms with Gasteiger partial charge in [0.2, 0.25) is 0 Å². The summed E-state index contributed by atoms with van der Waals surface area (Å²) in [5, 5.41) is 0. The lowest BCUT2D eigenvalue weighted by atomic mass is 9.58. The minimum Gasteiger partial charge on any atom is -0.402 e. The Bertz CT molecular complexity index is 880. The maximum atomic E-state index is 13.4. The molecule has 0 radical (unpaired) electrons. The summed E-state index contributed by atoms with van der Waals surface area (Å²) in [7, 11) is -1.91. The van der Waals surface area contributed by atoms with Crippen LogP contribution in [0.5, 0.6) is 0 Å². The minimum atomic E-state index is -1.32. The Balaban J connectivity index is 2.09. The predicted molar refractivity (Wildman–Crippen MR) is 130 cm³/mol. The van der Waals surface area contributed by atoms with Crippen molar-refractivity contribution in [3.8, 4) is 0 Å². The first-order valence-corrected chi connectivity index (χ1v) is 12.2. The highest BCUT2D eigenvalue weighted by atomic mass is 32.2. The number of benzene rings is 2. The van der Waals surface area contributed by atoms with Gasteiger partial charge in [-0.05, 0) is 72.4 Å². The van der Waals surface area contributed by atoms with E-state index in [0.29, 0.717) is 6.42 Å². The molecule has 0 spiro atoms. The van der Waals surface area contributed by atoms with Gasteiger partial charge in [-0.3, -0.25) is 0 Å². The Morgan fingerprint density at radius 1 is 0.871 bits per heavy atom. The monoisotopic (exact) mass is 441 g/mol. The summed E-state index contributed by atoms with van der Waals surface area (Å²) in [4.78, 5) is 0. The average molecular weight is 441 g/mol. The second kappa shape index (κ2) is 8.82. The van der Waals surface area contributed by atoms with Crippen LogP contribution >= 0.6 is 0 Å². The van der Waals surface area contributed by atoms with Crippen LogP contribution in [0.15, 0.2) is 60.7 Å². The maximum absolute atomic E-state index is 13.4. The number of hydrogen-bond acceptors (Lipinski definition) is 3. The van der Waals surface area contributed by atoms with Crippen LogP contribution in [0.25, 0.3) is 0 Å². The van der Waals surface area contributed by atoms with Crippen LogP contribution in [0.4, 0.5) is 0 Å². The highest BCUT2D eigenvalue weighted by Crippen LogP contribution is 2.44. The van der Waals surface area contributed by atoms with Crippen LogP contribution in [0.1, 0.15) is 66.0 Å². The van der Waals surface area contributed by atoms with E-state index in [0.717, 1.165) is 12.0 Å². The van der Waals surface area contributed by atoms with E-state index in [9.17, 15) is 4.21 Å². The molecule has 3 rings (SSSR count). The SMILES string of the molecule is CC(C)(C)[S@@](=O)N[C@](CCc1ccccc1)(B1OC(C)(C)C(C)(C)O1)c1ccccc1. The fourth-order valence-electron chi connectivity index (χ4n) is 3.64. The van der Waals surface area contributed by atoms with Crippen molar-refractivity contribution in [1.82, 2.24) is 4.72 Å². The van der Waals surface area contributed by atoms with E-state index in [1.807, 2.05) is 45.0 Å². The zero-order valence-corrected chi connectivity index (χ0v) is 20.7. The average Bonchev–Trinajstić information content (AvgIpc) is 2.93. The summed E-state index contributed by atoms with van der Waals surface area (Å²) in [6.07, 6.45) is 1.48. The molecule has 0 amide bonds. The Morgan fingerprint density at radius 2 is 1.35 bits per heavy atom. The van der Waals surface area contributed by atoms with E-state index in [2.05, 4.69) is 68.8 Å². The smallest absolute Gasteiger partial charge is 0.402 e. The van der Waals surface area contributed by atoms with E-state index < -0.39 is 39.5 Å². The molecule has 0 aromatic heterocycles. The molecule has 0 unspecified atom stereocenters. The summed E-state index contributed by atoms with van der Waals surface area (Å²) < 4.78 is 29.6. The number of hydrogen-bond donors (Lipinski definition) is 1. The van der Waals surface area contributed by atoms with Crippen molar-refractivity contribution in [2.75, 3.05) is 0 Å². The Kier molecular flexibility index (Phi) is 6.88. The lowest BCUT2D eigenvalue weighted by Crippen LogP contribution is -2.59. The molecular weight excluding hydrogens is 405 g/mol. The Morgan fingerprint density at radius 3 is 1.84 bits per heavy atom. The molecular formula is C25H36BNO3S. The minimum absolute atomic E-state index is 0.434. The van der Waals surface area contributed by atoms with Gasteiger partial charge in [0.1, 0.15) is 0 Å². The van der Waals surface area contributed by atoms with Crippen LogP contribution in [0.3, 0.4) is 0 Å². The molecule has 1 saturated heterocycles. The highest BCUT2D eigenvalue weighted by molar-refractivity contribution is 7.84. The molecule has 4 nitrogen and oxygen atoms in total. The van der Waals surface area contributed by atoms with Crippen LogP contribution in [-0.2, 0) is 32.2 Å². The second-order valence-corrected chi connectivity index (χ2v) is 12.4. The zero-order valence-electron chi connectivity index (χ0n) is 19.9. The molecule has 0 aliphatic carbocycles. The normalized spacial score (nSPS) is 20.9. The fourth-order valence-corrected chi connectivity index (χ4v) is 4.59. The van der Waals surface area contributed by atoms with Gasteiger partial charge in [-0.1, -0.05) is 60.7 Å². The van der Waals surface area contributed by atoms with Crippen molar-refractivity contribution in [1.29, 1.82) is 0 Å². The van der Waals surface area contributed by atoms with Gasteiger partial charge in [0.05, 0.1) is 32.4 Å². The lowest BCUT2D eigenvalue weighted by Gasteiger charge is -2.38. The summed E-state index contributed by atoms with van der Waals surface area (Å²) in [6.45, 7) is 14.2. The molecule has 2 aromatic carbocycles. The van der Waals surface area contributed by atoms with Gasteiger partial charge in [0, 0.05) is 0 Å². The molecule has 0 saturated carbocycles. The number of aryl methyl sites for hydroxylation is 1. The molecule has 1 fully saturated rings. The standard InChI is InChI=1S/C25H36BNO3S/c1-22(2,3)31(28)27-25(21-16-12-9-13-17-21,19-18-20-14-10-8-11-15-20)26-29-23(4,5)24(6,7)30-26/h8-17,27H,18-19H2,1-7H3/t25-,31+/m0/s1. The summed E-state index contributed by atoms with van der Waals surface area (Å²) in [5.74, 6) is 0. The number of nitrogens with one attached hydrogen (secondary N) is 1. The summed E-state index contributed by atoms with van der Waals surface area (Å²) in [6, 6.07) is 20.5. The molecule has 168 valence electrons. The highest BCUT2D eigenvalue weighted by Gasteiger charge is 2.61. The van der Waals surface area contributed by atoms with Gasteiger partial charge < -0.3 is 9.31 Å². The van der Waals surface area contributed by atoms with Crippen molar-refractivity contribution >= 4 is 18.1 Å². The Labute approximate surface area is 190 Å². The predicted octanol–water partition coefficient (Wildman–Crippen LogP) is 5.20. The first-order valence-electron chi connectivity index (χ1n) is 11.0. The van der Waals surface area contributed by atoms with Crippen LogP contribution < -0.4 is 4.72 Å². The van der Waals surface area contributed by atoms with Crippen molar-refractivity contribution in [2.24, 2.45) is 0 Å². The molecule has 2 atom stereocenters. The van der Waals surface area contributed by atoms with E-state index in [-0.39, 0.29) is 0 Å². The molecule has 2 aromatic rings. The Hall–Kier alpha value is -1.47. The van der Waals surface area contributed by atoms with E-state index in [4.69, 9.17) is 9.31 Å². The summed E-state index contributed by atoms with van der Waals surface area (Å²) in [5.41, 5.74) is 0.482. The zero-order chi connectivity index (χ0) is 22.9. The third-order valence-electron chi connectivity index (χ3n) is 6.43. The maximum Gasteiger partial charge on any atom is 0.485 e. The fraction of sp³-hybridized carbons (Fsp3) is 0.520. The van der Waals surface area contributed by atoms with Gasteiger partial charge in [-0.25, -0.2) is 8.93 Å². The van der Waals surface area contributed by atoms with Gasteiger partial charge in [0.25, 0.3) is 0 Å². The molecule has 1 heterocycles. The molecule has 1 N–H and O–H groups in total.